The van der Waals surface area contributed by atoms with Crippen LogP contribution in [0.5, 0.6) is 0 Å². The molecule has 0 radical (unpaired) electrons. The predicted molar refractivity (Wildman–Crippen MR) is 124 cm³/mol. The monoisotopic (exact) mass is 445 g/mol. The Morgan fingerprint density at radius 3 is 2.72 bits per heavy atom. The molecule has 0 atom stereocenters. The number of nitrogens with one attached hydrogen (secondary N) is 1. The third kappa shape index (κ3) is 3.11. The Bertz CT molecular complexity index is 1470. The second-order valence-electron chi connectivity index (χ2n) is 8.20. The van der Waals surface area contributed by atoms with Gasteiger partial charge in [-0.2, -0.15) is 0 Å². The topological polar surface area (TPSA) is 92.5 Å². The molecule has 2 amide bonds. The number of amides is 2. The summed E-state index contributed by atoms with van der Waals surface area (Å²) in [6, 6.07) is 14.3. The Labute approximate surface area is 187 Å². The van der Waals surface area contributed by atoms with E-state index < -0.39 is 16.9 Å². The van der Waals surface area contributed by atoms with Crippen LogP contribution in [0.3, 0.4) is 0 Å². The second-order valence-corrected chi connectivity index (χ2v) is 9.06. The van der Waals surface area contributed by atoms with Crippen LogP contribution in [0, 0.1) is 0 Å². The highest BCUT2D eigenvalue weighted by molar-refractivity contribution is 7.14. The first kappa shape index (κ1) is 20.1. The van der Waals surface area contributed by atoms with Gasteiger partial charge in [0.1, 0.15) is 11.1 Å². The Kier molecular flexibility index (Phi) is 4.49. The van der Waals surface area contributed by atoms with E-state index in [0.717, 1.165) is 16.8 Å². The average Bonchev–Trinajstić information content (AvgIpc) is 3.31. The van der Waals surface area contributed by atoms with Crippen LogP contribution in [-0.2, 0) is 10.2 Å². The smallest absolute Gasteiger partial charge is 0.349 e. The molecule has 5 rings (SSSR count). The zero-order valence-corrected chi connectivity index (χ0v) is 18.4. The van der Waals surface area contributed by atoms with Crippen LogP contribution in [0.4, 0.5) is 10.8 Å². The van der Waals surface area contributed by atoms with Gasteiger partial charge in [0.15, 0.2) is 5.13 Å². The Morgan fingerprint density at radius 2 is 1.91 bits per heavy atom. The van der Waals surface area contributed by atoms with Gasteiger partial charge in [-0.25, -0.2) is 9.78 Å². The number of rotatable bonds is 3. The quantitative estimate of drug-likeness (QED) is 0.471. The zero-order chi connectivity index (χ0) is 22.6. The van der Waals surface area contributed by atoms with E-state index in [9.17, 15) is 14.4 Å². The van der Waals surface area contributed by atoms with Gasteiger partial charge < -0.3 is 9.32 Å². The van der Waals surface area contributed by atoms with Crippen molar-refractivity contribution in [2.45, 2.75) is 19.3 Å². The highest BCUT2D eigenvalue weighted by atomic mass is 32.1. The normalized spacial score (nSPS) is 14.6. The second kappa shape index (κ2) is 7.13. The maximum atomic E-state index is 12.7. The SMILES string of the molecule is CN1C(=O)C(C)(C)c2cc(-c3csc(NC(=O)c4cc5ccccc5oc4=O)n3)ccc21. The highest BCUT2D eigenvalue weighted by Gasteiger charge is 2.42. The molecule has 0 aliphatic carbocycles. The van der Waals surface area contributed by atoms with Crippen molar-refractivity contribution in [3.05, 3.63) is 75.5 Å². The van der Waals surface area contributed by atoms with Crippen molar-refractivity contribution in [3.63, 3.8) is 0 Å². The number of benzene rings is 2. The van der Waals surface area contributed by atoms with E-state index in [0.29, 0.717) is 21.8 Å². The molecule has 8 heteroatoms. The Balaban J connectivity index is 1.43. The molecule has 0 saturated carbocycles. The number of anilines is 2. The summed E-state index contributed by atoms with van der Waals surface area (Å²) in [4.78, 5) is 43.6. The molecule has 0 saturated heterocycles. The van der Waals surface area contributed by atoms with Gasteiger partial charge in [0.2, 0.25) is 5.91 Å². The number of thiazole rings is 1. The lowest BCUT2D eigenvalue weighted by molar-refractivity contribution is -0.121. The molecule has 4 aromatic rings. The van der Waals surface area contributed by atoms with Crippen molar-refractivity contribution in [3.8, 4) is 11.3 Å². The maximum absolute atomic E-state index is 12.7. The number of hydrogen-bond donors (Lipinski definition) is 1. The van der Waals surface area contributed by atoms with Gasteiger partial charge in [-0.15, -0.1) is 11.3 Å². The average molecular weight is 446 g/mol. The van der Waals surface area contributed by atoms with E-state index in [2.05, 4.69) is 10.3 Å². The number of nitrogens with zero attached hydrogens (tertiary/aromatic N) is 2. The number of fused-ring (bicyclic) bond motifs is 2. The molecular weight excluding hydrogens is 426 g/mol. The fraction of sp³-hybridized carbons (Fsp3) is 0.167. The molecule has 1 N–H and O–H groups in total. The summed E-state index contributed by atoms with van der Waals surface area (Å²) in [5.74, 6) is -0.530. The highest BCUT2D eigenvalue weighted by Crippen LogP contribution is 2.42. The minimum Gasteiger partial charge on any atom is -0.422 e. The molecule has 160 valence electrons. The van der Waals surface area contributed by atoms with Crippen LogP contribution >= 0.6 is 11.3 Å². The third-order valence-electron chi connectivity index (χ3n) is 5.78. The van der Waals surface area contributed by atoms with Gasteiger partial charge in [0.05, 0.1) is 11.1 Å². The van der Waals surface area contributed by atoms with E-state index in [1.807, 2.05) is 37.4 Å². The lowest BCUT2D eigenvalue weighted by Crippen LogP contribution is -2.33. The third-order valence-corrected chi connectivity index (χ3v) is 6.53. The summed E-state index contributed by atoms with van der Waals surface area (Å²) in [6.45, 7) is 3.81. The fourth-order valence-corrected chi connectivity index (χ4v) is 4.70. The molecule has 3 heterocycles. The van der Waals surface area contributed by atoms with Gasteiger partial charge in [0.25, 0.3) is 5.91 Å². The summed E-state index contributed by atoms with van der Waals surface area (Å²) in [5, 5.41) is 5.54. The van der Waals surface area contributed by atoms with Crippen molar-refractivity contribution >= 4 is 44.9 Å². The van der Waals surface area contributed by atoms with E-state index in [-0.39, 0.29) is 11.5 Å². The van der Waals surface area contributed by atoms with Crippen molar-refractivity contribution in [1.29, 1.82) is 0 Å². The van der Waals surface area contributed by atoms with E-state index in [1.54, 1.807) is 36.2 Å². The predicted octanol–water partition coefficient (Wildman–Crippen LogP) is 4.42. The molecule has 2 aromatic heterocycles. The number of likely N-dealkylation sites (N-methyl/N-ethyl adjacent to an activating group) is 1. The van der Waals surface area contributed by atoms with Crippen molar-refractivity contribution in [2.75, 3.05) is 17.3 Å². The molecule has 0 bridgehead atoms. The number of aromatic nitrogens is 1. The molecule has 2 aromatic carbocycles. The maximum Gasteiger partial charge on any atom is 0.349 e. The summed E-state index contributed by atoms with van der Waals surface area (Å²) in [6.07, 6.45) is 0. The van der Waals surface area contributed by atoms with Crippen LogP contribution < -0.4 is 15.8 Å². The van der Waals surface area contributed by atoms with Crippen molar-refractivity contribution in [2.24, 2.45) is 0 Å². The van der Waals surface area contributed by atoms with Crippen LogP contribution in [0.25, 0.3) is 22.2 Å². The zero-order valence-electron chi connectivity index (χ0n) is 17.6. The summed E-state index contributed by atoms with van der Waals surface area (Å²) >= 11 is 1.26. The largest absolute Gasteiger partial charge is 0.422 e. The van der Waals surface area contributed by atoms with Crippen LogP contribution in [0.1, 0.15) is 29.8 Å². The van der Waals surface area contributed by atoms with Gasteiger partial charge in [-0.1, -0.05) is 24.3 Å². The van der Waals surface area contributed by atoms with Gasteiger partial charge in [-0.3, -0.25) is 14.9 Å². The van der Waals surface area contributed by atoms with Gasteiger partial charge in [-0.05, 0) is 43.7 Å². The van der Waals surface area contributed by atoms with Crippen LogP contribution in [0.2, 0.25) is 0 Å². The number of hydrogen-bond acceptors (Lipinski definition) is 6. The Morgan fingerprint density at radius 1 is 1.12 bits per heavy atom. The fourth-order valence-electron chi connectivity index (χ4n) is 3.98. The van der Waals surface area contributed by atoms with E-state index >= 15 is 0 Å². The summed E-state index contributed by atoms with van der Waals surface area (Å²) in [7, 11) is 1.77. The van der Waals surface area contributed by atoms with Gasteiger partial charge >= 0.3 is 5.63 Å². The Hall–Kier alpha value is -3.78. The van der Waals surface area contributed by atoms with Crippen molar-refractivity contribution in [1.82, 2.24) is 4.98 Å². The summed E-state index contributed by atoms with van der Waals surface area (Å²) < 4.78 is 5.24. The number of para-hydroxylation sites is 1. The molecular formula is C24H19N3O4S. The minimum atomic E-state index is -0.701. The van der Waals surface area contributed by atoms with E-state index in [1.165, 1.54) is 17.4 Å². The molecule has 0 unspecified atom stereocenters. The molecule has 7 nitrogen and oxygen atoms in total. The minimum absolute atomic E-state index is 0.0464. The lowest BCUT2D eigenvalue weighted by Gasteiger charge is -2.16. The lowest BCUT2D eigenvalue weighted by atomic mass is 9.85. The standard InChI is InChI=1S/C24H19N3O4S/c1-24(2)16-11-13(8-9-18(16)27(3)22(24)30)17-12-32-23(25-17)26-20(28)15-10-14-6-4-5-7-19(14)31-21(15)29/h4-12H,1-3H3,(H,25,26,28). The first-order chi connectivity index (χ1) is 15.3. The van der Waals surface area contributed by atoms with Crippen LogP contribution in [0.15, 0.2) is 63.1 Å². The molecule has 0 fully saturated rings. The number of carbonyl (C=O) groups is 2. The summed E-state index contributed by atoms with van der Waals surface area (Å²) in [5.41, 5.74) is 2.38. The molecule has 1 aliphatic heterocycles. The first-order valence-electron chi connectivity index (χ1n) is 9.98. The number of carbonyl (C=O) groups excluding carboxylic acids is 2. The first-order valence-corrected chi connectivity index (χ1v) is 10.9. The molecule has 0 spiro atoms. The van der Waals surface area contributed by atoms with Gasteiger partial charge in [0, 0.05) is 29.1 Å². The van der Waals surface area contributed by atoms with Crippen molar-refractivity contribution < 1.29 is 14.0 Å². The molecule has 32 heavy (non-hydrogen) atoms. The van der Waals surface area contributed by atoms with Crippen LogP contribution in [-0.4, -0.2) is 23.8 Å². The molecule has 1 aliphatic rings. The van der Waals surface area contributed by atoms with E-state index in [4.69, 9.17) is 4.42 Å².